The zero-order valence-electron chi connectivity index (χ0n) is 34.2. The van der Waals surface area contributed by atoms with E-state index in [9.17, 15) is 9.13 Å². The summed E-state index contributed by atoms with van der Waals surface area (Å²) in [5, 5.41) is 0. The second kappa shape index (κ2) is 16.6. The molecule has 10 heteroatoms. The highest BCUT2D eigenvalue weighted by molar-refractivity contribution is 7.50. The van der Waals surface area contributed by atoms with Crippen molar-refractivity contribution in [1.29, 1.82) is 0 Å². The standard InChI is InChI=1S/C47H50O8P2/c1-31-11-15-35(5)43(27-31)52-56(48,53-44-28-32(2)12-16-36(44)6)50-41-23-19-39(20-24-41)47(9,10)40-21-25-42(26-22-40)51-57(49,54-45-29-33(3)13-17-37(45)7)55-46-30-34(4)14-18-38(46)8/h11-30H,1-10H3. The molecule has 0 saturated heterocycles. The summed E-state index contributed by atoms with van der Waals surface area (Å²) in [6.45, 7) is 19.5. The predicted octanol–water partition coefficient (Wildman–Crippen LogP) is 13.8. The summed E-state index contributed by atoms with van der Waals surface area (Å²) in [5.41, 5.74) is 8.44. The van der Waals surface area contributed by atoms with E-state index in [1.165, 1.54) is 0 Å². The average molecular weight is 805 g/mol. The molecular formula is C47H50O8P2. The molecule has 0 fully saturated rings. The van der Waals surface area contributed by atoms with Crippen molar-refractivity contribution in [3.05, 3.63) is 177 Å². The van der Waals surface area contributed by atoms with Crippen LogP contribution in [-0.2, 0) is 14.5 Å². The van der Waals surface area contributed by atoms with Gasteiger partial charge in [0, 0.05) is 5.41 Å². The maximum absolute atomic E-state index is 14.4. The highest BCUT2D eigenvalue weighted by Crippen LogP contribution is 2.53. The van der Waals surface area contributed by atoms with Crippen LogP contribution in [0.25, 0.3) is 0 Å². The first-order valence-corrected chi connectivity index (χ1v) is 21.7. The lowest BCUT2D eigenvalue weighted by Gasteiger charge is -2.27. The first kappa shape index (κ1) is 41.2. The molecule has 0 atom stereocenters. The van der Waals surface area contributed by atoms with Crippen molar-refractivity contribution in [3.63, 3.8) is 0 Å². The van der Waals surface area contributed by atoms with Crippen LogP contribution in [0.1, 0.15) is 69.5 Å². The zero-order valence-corrected chi connectivity index (χ0v) is 36.0. The summed E-state index contributed by atoms with van der Waals surface area (Å²) >= 11 is 0. The molecule has 0 aromatic heterocycles. The Bertz CT molecular complexity index is 2200. The molecule has 6 rings (SSSR count). The van der Waals surface area contributed by atoms with Gasteiger partial charge in [0.2, 0.25) is 0 Å². The van der Waals surface area contributed by atoms with Crippen LogP contribution < -0.4 is 27.1 Å². The van der Waals surface area contributed by atoms with Gasteiger partial charge in [-0.1, -0.05) is 86.6 Å². The Morgan fingerprint density at radius 2 is 0.596 bits per heavy atom. The minimum atomic E-state index is -4.23. The van der Waals surface area contributed by atoms with E-state index in [2.05, 4.69) is 13.8 Å². The lowest BCUT2D eigenvalue weighted by Crippen LogP contribution is -2.18. The lowest BCUT2D eigenvalue weighted by atomic mass is 9.78. The fourth-order valence-corrected chi connectivity index (χ4v) is 8.84. The van der Waals surface area contributed by atoms with Gasteiger partial charge in [0.15, 0.2) is 0 Å². The van der Waals surface area contributed by atoms with E-state index >= 15 is 0 Å². The summed E-state index contributed by atoms with van der Waals surface area (Å²) in [6, 6.07) is 37.4. The van der Waals surface area contributed by atoms with Gasteiger partial charge in [-0.15, -0.1) is 0 Å². The van der Waals surface area contributed by atoms with Crippen LogP contribution in [0.2, 0.25) is 0 Å². The van der Waals surface area contributed by atoms with Crippen molar-refractivity contribution >= 4 is 15.6 Å². The molecule has 0 bridgehead atoms. The predicted molar refractivity (Wildman–Crippen MR) is 228 cm³/mol. The van der Waals surface area contributed by atoms with E-state index in [-0.39, 0.29) is 0 Å². The van der Waals surface area contributed by atoms with Crippen LogP contribution in [0, 0.1) is 55.4 Å². The van der Waals surface area contributed by atoms with Crippen molar-refractivity contribution in [2.24, 2.45) is 0 Å². The largest absolute Gasteiger partial charge is 0.647 e. The third-order valence-corrected chi connectivity index (χ3v) is 12.4. The van der Waals surface area contributed by atoms with Crippen LogP contribution in [0.4, 0.5) is 0 Å². The van der Waals surface area contributed by atoms with Crippen molar-refractivity contribution in [1.82, 2.24) is 0 Å². The van der Waals surface area contributed by atoms with E-state index in [0.29, 0.717) is 34.5 Å². The van der Waals surface area contributed by atoms with Gasteiger partial charge < -0.3 is 27.1 Å². The first-order chi connectivity index (χ1) is 26.9. The van der Waals surface area contributed by atoms with Crippen LogP contribution in [0.15, 0.2) is 121 Å². The molecule has 0 heterocycles. The molecule has 0 radical (unpaired) electrons. The molecule has 0 aliphatic rings. The van der Waals surface area contributed by atoms with Crippen LogP contribution >= 0.6 is 15.6 Å². The van der Waals surface area contributed by atoms with Gasteiger partial charge in [-0.3, -0.25) is 0 Å². The van der Waals surface area contributed by atoms with Gasteiger partial charge >= 0.3 is 15.6 Å². The number of hydrogen-bond acceptors (Lipinski definition) is 8. The number of phosphoric ester groups is 2. The van der Waals surface area contributed by atoms with Gasteiger partial charge in [-0.05, 0) is 160 Å². The summed E-state index contributed by atoms with van der Waals surface area (Å²) in [6.07, 6.45) is 0. The van der Waals surface area contributed by atoms with Crippen molar-refractivity contribution < 1.29 is 36.3 Å². The molecule has 0 amide bonds. The Kier molecular flexibility index (Phi) is 12.0. The SMILES string of the molecule is Cc1ccc(C)c(OP(=O)(Oc2ccc(C(C)(C)c3ccc(OP(=O)(Oc4cc(C)ccc4C)Oc4cc(C)ccc4C)cc3)cc2)Oc2cc(C)ccc2C)c1. The third-order valence-electron chi connectivity index (χ3n) is 9.80. The molecule has 8 nitrogen and oxygen atoms in total. The van der Waals surface area contributed by atoms with E-state index in [4.69, 9.17) is 27.1 Å². The number of hydrogen-bond donors (Lipinski definition) is 0. The maximum atomic E-state index is 14.4. The number of benzene rings is 6. The van der Waals surface area contributed by atoms with Crippen molar-refractivity contribution in [2.75, 3.05) is 0 Å². The molecule has 6 aromatic carbocycles. The van der Waals surface area contributed by atoms with Crippen LogP contribution in [0.5, 0.6) is 34.5 Å². The number of aryl methyl sites for hydroxylation is 8. The Morgan fingerprint density at radius 3 is 0.842 bits per heavy atom. The number of phosphoric acid groups is 2. The molecule has 0 N–H and O–H groups in total. The smallest absolute Gasteiger partial charge is 0.386 e. The maximum Gasteiger partial charge on any atom is 0.647 e. The zero-order chi connectivity index (χ0) is 41.1. The Hall–Kier alpha value is -5.42. The summed E-state index contributed by atoms with van der Waals surface area (Å²) < 4.78 is 65.4. The lowest BCUT2D eigenvalue weighted by molar-refractivity contribution is 0.295. The minimum absolute atomic E-state index is 0.320. The second-order valence-corrected chi connectivity index (χ2v) is 18.1. The van der Waals surface area contributed by atoms with Gasteiger partial charge in [-0.25, -0.2) is 0 Å². The molecule has 0 aliphatic heterocycles. The molecule has 57 heavy (non-hydrogen) atoms. The first-order valence-electron chi connectivity index (χ1n) is 18.8. The molecule has 6 aromatic rings. The summed E-state index contributed by atoms with van der Waals surface area (Å²) in [7, 11) is -8.46. The normalized spacial score (nSPS) is 11.8. The van der Waals surface area contributed by atoms with E-state index in [1.807, 2.05) is 152 Å². The highest BCUT2D eigenvalue weighted by Gasteiger charge is 2.36. The van der Waals surface area contributed by atoms with E-state index in [1.54, 1.807) is 24.3 Å². The molecule has 296 valence electrons. The topological polar surface area (TPSA) is 89.5 Å². The molecule has 0 spiro atoms. The molecule has 0 unspecified atom stereocenters. The van der Waals surface area contributed by atoms with Crippen LogP contribution in [0.3, 0.4) is 0 Å². The van der Waals surface area contributed by atoms with E-state index < -0.39 is 21.1 Å². The Balaban J connectivity index is 1.23. The fourth-order valence-electron chi connectivity index (χ4n) is 6.11. The summed E-state index contributed by atoms with van der Waals surface area (Å²) in [5.74, 6) is 2.30. The monoisotopic (exact) mass is 804 g/mol. The third kappa shape index (κ3) is 10.1. The van der Waals surface area contributed by atoms with Crippen LogP contribution in [-0.4, -0.2) is 0 Å². The van der Waals surface area contributed by atoms with Crippen molar-refractivity contribution in [3.8, 4) is 34.5 Å². The van der Waals surface area contributed by atoms with Gasteiger partial charge in [-0.2, -0.15) is 9.13 Å². The Labute approximate surface area is 337 Å². The molecule has 0 aliphatic carbocycles. The van der Waals surface area contributed by atoms with Gasteiger partial charge in [0.1, 0.15) is 34.5 Å². The average Bonchev–Trinajstić information content (AvgIpc) is 3.15. The highest BCUT2D eigenvalue weighted by atomic mass is 31.2. The number of rotatable bonds is 14. The quantitative estimate of drug-likeness (QED) is 0.101. The second-order valence-electron chi connectivity index (χ2n) is 15.2. The minimum Gasteiger partial charge on any atom is -0.386 e. The summed E-state index contributed by atoms with van der Waals surface area (Å²) in [4.78, 5) is 0. The Morgan fingerprint density at radius 1 is 0.351 bits per heavy atom. The molecular weight excluding hydrogens is 754 g/mol. The van der Waals surface area contributed by atoms with Gasteiger partial charge in [0.25, 0.3) is 0 Å². The van der Waals surface area contributed by atoms with Crippen molar-refractivity contribution in [2.45, 2.75) is 74.7 Å². The van der Waals surface area contributed by atoms with Gasteiger partial charge in [0.05, 0.1) is 0 Å². The molecule has 0 saturated carbocycles. The fraction of sp³-hybridized carbons (Fsp3) is 0.234. The van der Waals surface area contributed by atoms with E-state index in [0.717, 1.165) is 55.6 Å².